The monoisotopic (exact) mass is 244 g/mol. The Bertz CT molecular complexity index is 509. The zero-order chi connectivity index (χ0) is 12.1. The highest BCUT2D eigenvalue weighted by molar-refractivity contribution is 7.98. The Hall–Kier alpha value is -1.74. The van der Waals surface area contributed by atoms with Crippen molar-refractivity contribution in [2.75, 3.05) is 0 Å². The zero-order valence-corrected chi connectivity index (χ0v) is 9.98. The van der Waals surface area contributed by atoms with Gasteiger partial charge in [0.1, 0.15) is 5.75 Å². The SMILES string of the molecule is O=Cc1cccc(O)c1SCc1ccccc1. The molecule has 0 saturated carbocycles. The highest BCUT2D eigenvalue weighted by Crippen LogP contribution is 2.33. The molecule has 86 valence electrons. The van der Waals surface area contributed by atoms with Crippen molar-refractivity contribution in [3.8, 4) is 5.75 Å². The van der Waals surface area contributed by atoms with Gasteiger partial charge >= 0.3 is 0 Å². The first-order valence-electron chi connectivity index (χ1n) is 5.25. The van der Waals surface area contributed by atoms with Crippen LogP contribution < -0.4 is 0 Å². The Kier molecular flexibility index (Phi) is 3.83. The summed E-state index contributed by atoms with van der Waals surface area (Å²) in [5.41, 5.74) is 1.70. The minimum Gasteiger partial charge on any atom is -0.507 e. The van der Waals surface area contributed by atoms with Crippen LogP contribution in [-0.4, -0.2) is 11.4 Å². The maximum Gasteiger partial charge on any atom is 0.151 e. The van der Waals surface area contributed by atoms with Gasteiger partial charge in [-0.05, 0) is 11.6 Å². The molecular weight excluding hydrogens is 232 g/mol. The Morgan fingerprint density at radius 3 is 2.53 bits per heavy atom. The third-order valence-electron chi connectivity index (χ3n) is 2.38. The van der Waals surface area contributed by atoms with Gasteiger partial charge < -0.3 is 5.11 Å². The van der Waals surface area contributed by atoms with E-state index in [1.807, 2.05) is 30.3 Å². The molecule has 17 heavy (non-hydrogen) atoms. The van der Waals surface area contributed by atoms with Crippen LogP contribution in [0.2, 0.25) is 0 Å². The van der Waals surface area contributed by atoms with Gasteiger partial charge in [-0.25, -0.2) is 0 Å². The molecule has 0 spiro atoms. The van der Waals surface area contributed by atoms with Crippen molar-refractivity contribution in [1.82, 2.24) is 0 Å². The van der Waals surface area contributed by atoms with E-state index in [0.717, 1.165) is 17.6 Å². The number of benzene rings is 2. The first-order chi connectivity index (χ1) is 8.31. The van der Waals surface area contributed by atoms with Gasteiger partial charge in [0, 0.05) is 11.3 Å². The van der Waals surface area contributed by atoms with Gasteiger partial charge in [0.2, 0.25) is 0 Å². The molecule has 0 unspecified atom stereocenters. The van der Waals surface area contributed by atoms with Gasteiger partial charge in [0.05, 0.1) is 4.90 Å². The van der Waals surface area contributed by atoms with Crippen molar-refractivity contribution in [3.05, 3.63) is 59.7 Å². The summed E-state index contributed by atoms with van der Waals surface area (Å²) in [6, 6.07) is 14.9. The van der Waals surface area contributed by atoms with Crippen LogP contribution in [-0.2, 0) is 5.75 Å². The highest BCUT2D eigenvalue weighted by atomic mass is 32.2. The van der Waals surface area contributed by atoms with Gasteiger partial charge in [-0.1, -0.05) is 42.5 Å². The molecule has 0 fully saturated rings. The molecule has 1 N–H and O–H groups in total. The average molecular weight is 244 g/mol. The molecule has 0 atom stereocenters. The van der Waals surface area contributed by atoms with Crippen molar-refractivity contribution in [3.63, 3.8) is 0 Å². The molecule has 0 radical (unpaired) electrons. The number of aldehydes is 1. The molecule has 0 aliphatic heterocycles. The number of hydrogen-bond acceptors (Lipinski definition) is 3. The van der Waals surface area contributed by atoms with E-state index in [9.17, 15) is 9.90 Å². The molecule has 2 aromatic rings. The van der Waals surface area contributed by atoms with Gasteiger partial charge in [-0.2, -0.15) is 0 Å². The fourth-order valence-corrected chi connectivity index (χ4v) is 2.52. The van der Waals surface area contributed by atoms with Gasteiger partial charge in [0.25, 0.3) is 0 Å². The zero-order valence-electron chi connectivity index (χ0n) is 9.17. The number of phenolic OH excluding ortho intramolecular Hbond substituents is 1. The summed E-state index contributed by atoms with van der Waals surface area (Å²) in [5.74, 6) is 0.898. The molecule has 2 nitrogen and oxygen atoms in total. The highest BCUT2D eigenvalue weighted by Gasteiger charge is 2.07. The Morgan fingerprint density at radius 1 is 1.06 bits per heavy atom. The fourth-order valence-electron chi connectivity index (χ4n) is 1.52. The lowest BCUT2D eigenvalue weighted by Gasteiger charge is -2.06. The van der Waals surface area contributed by atoms with Crippen LogP contribution in [0.3, 0.4) is 0 Å². The van der Waals surface area contributed by atoms with Crippen LogP contribution in [0.25, 0.3) is 0 Å². The molecule has 0 heterocycles. The molecule has 3 heteroatoms. The van der Waals surface area contributed by atoms with Gasteiger partial charge in [0.15, 0.2) is 6.29 Å². The van der Waals surface area contributed by atoms with Crippen molar-refractivity contribution < 1.29 is 9.90 Å². The predicted molar refractivity (Wildman–Crippen MR) is 69.5 cm³/mol. The van der Waals surface area contributed by atoms with Crippen molar-refractivity contribution in [1.29, 1.82) is 0 Å². The van der Waals surface area contributed by atoms with E-state index < -0.39 is 0 Å². The summed E-state index contributed by atoms with van der Waals surface area (Å²) in [6.07, 6.45) is 0.771. The minimum absolute atomic E-state index is 0.163. The second-order valence-electron chi connectivity index (χ2n) is 3.59. The van der Waals surface area contributed by atoms with Crippen molar-refractivity contribution in [2.45, 2.75) is 10.6 Å². The first kappa shape index (κ1) is 11.7. The van der Waals surface area contributed by atoms with Crippen LogP contribution in [0.1, 0.15) is 15.9 Å². The van der Waals surface area contributed by atoms with E-state index in [4.69, 9.17) is 0 Å². The van der Waals surface area contributed by atoms with E-state index in [0.29, 0.717) is 10.5 Å². The lowest BCUT2D eigenvalue weighted by atomic mass is 10.2. The van der Waals surface area contributed by atoms with E-state index >= 15 is 0 Å². The van der Waals surface area contributed by atoms with Crippen LogP contribution in [0.15, 0.2) is 53.4 Å². The number of phenols is 1. The second kappa shape index (κ2) is 5.55. The fraction of sp³-hybridized carbons (Fsp3) is 0.0714. The number of rotatable bonds is 4. The summed E-state index contributed by atoms with van der Waals surface area (Å²) in [6.45, 7) is 0. The number of carbonyl (C=O) groups excluding carboxylic acids is 1. The van der Waals surface area contributed by atoms with Crippen LogP contribution in [0, 0.1) is 0 Å². The third-order valence-corrected chi connectivity index (χ3v) is 3.59. The lowest BCUT2D eigenvalue weighted by Crippen LogP contribution is -1.87. The first-order valence-corrected chi connectivity index (χ1v) is 6.23. The summed E-state index contributed by atoms with van der Waals surface area (Å²) in [4.78, 5) is 11.5. The van der Waals surface area contributed by atoms with E-state index in [-0.39, 0.29) is 5.75 Å². The molecule has 0 aromatic heterocycles. The smallest absolute Gasteiger partial charge is 0.151 e. The summed E-state index contributed by atoms with van der Waals surface area (Å²) in [7, 11) is 0. The Balaban J connectivity index is 2.16. The van der Waals surface area contributed by atoms with E-state index in [2.05, 4.69) is 0 Å². The van der Waals surface area contributed by atoms with Crippen LogP contribution >= 0.6 is 11.8 Å². The van der Waals surface area contributed by atoms with Crippen molar-refractivity contribution in [2.24, 2.45) is 0 Å². The maximum atomic E-state index is 10.9. The second-order valence-corrected chi connectivity index (χ2v) is 4.57. The Morgan fingerprint density at radius 2 is 1.82 bits per heavy atom. The molecule has 2 rings (SSSR count). The summed E-state index contributed by atoms with van der Waals surface area (Å²) < 4.78 is 0. The average Bonchev–Trinajstić information content (AvgIpc) is 2.38. The number of carbonyl (C=O) groups is 1. The quantitative estimate of drug-likeness (QED) is 0.660. The minimum atomic E-state index is 0.163. The van der Waals surface area contributed by atoms with Crippen LogP contribution in [0.5, 0.6) is 5.75 Å². The molecule has 2 aromatic carbocycles. The standard InChI is InChI=1S/C14H12O2S/c15-9-12-7-4-8-13(16)14(12)17-10-11-5-2-1-3-6-11/h1-9,16H,10H2. The molecular formula is C14H12O2S. The predicted octanol–water partition coefficient (Wildman–Crippen LogP) is 3.50. The topological polar surface area (TPSA) is 37.3 Å². The third kappa shape index (κ3) is 2.88. The summed E-state index contributed by atoms with van der Waals surface area (Å²) >= 11 is 1.47. The van der Waals surface area contributed by atoms with Gasteiger partial charge in [-0.15, -0.1) is 11.8 Å². The Labute approximate surface area is 104 Å². The normalized spacial score (nSPS) is 10.1. The number of aromatic hydroxyl groups is 1. The van der Waals surface area contributed by atoms with E-state index in [1.165, 1.54) is 11.8 Å². The molecule has 0 aliphatic rings. The number of thioether (sulfide) groups is 1. The largest absolute Gasteiger partial charge is 0.507 e. The van der Waals surface area contributed by atoms with E-state index in [1.54, 1.807) is 18.2 Å². The molecule has 0 saturated heterocycles. The van der Waals surface area contributed by atoms with Crippen molar-refractivity contribution >= 4 is 18.0 Å². The number of hydrogen-bond donors (Lipinski definition) is 1. The molecule has 0 amide bonds. The lowest BCUT2D eigenvalue weighted by molar-refractivity contribution is 0.112. The maximum absolute atomic E-state index is 10.9. The molecule has 0 aliphatic carbocycles. The van der Waals surface area contributed by atoms with Crippen LogP contribution in [0.4, 0.5) is 0 Å². The van der Waals surface area contributed by atoms with Gasteiger partial charge in [-0.3, -0.25) is 4.79 Å². The summed E-state index contributed by atoms with van der Waals surface area (Å²) in [5, 5.41) is 9.72. The molecule has 0 bridgehead atoms.